The van der Waals surface area contributed by atoms with Crippen molar-refractivity contribution in [2.45, 2.75) is 44.1 Å². The molecule has 6 nitrogen and oxygen atoms in total. The number of hydrogen-bond acceptors (Lipinski definition) is 3. The number of aliphatic carboxylic acids is 1. The number of carboxylic acids is 1. The molecule has 2 bridgehead atoms. The molecule has 2 fully saturated rings. The van der Waals surface area contributed by atoms with Gasteiger partial charge >= 0.3 is 12.0 Å². The van der Waals surface area contributed by atoms with E-state index >= 15 is 0 Å². The minimum Gasteiger partial charge on any atom is -0.480 e. The zero-order valence-electron chi connectivity index (χ0n) is 12.6. The molecule has 0 unspecified atom stereocenters. The Morgan fingerprint density at radius 3 is 2.61 bits per heavy atom. The van der Waals surface area contributed by atoms with Gasteiger partial charge in [0.15, 0.2) is 0 Å². The molecule has 2 saturated heterocycles. The molecule has 0 aromatic heterocycles. The van der Waals surface area contributed by atoms with Gasteiger partial charge in [0.05, 0.1) is 18.2 Å². The van der Waals surface area contributed by atoms with Gasteiger partial charge in [-0.3, -0.25) is 4.79 Å². The van der Waals surface area contributed by atoms with Gasteiger partial charge in [0.2, 0.25) is 0 Å². The largest absolute Gasteiger partial charge is 0.480 e. The first-order valence-electron chi connectivity index (χ1n) is 7.68. The van der Waals surface area contributed by atoms with Gasteiger partial charge < -0.3 is 20.1 Å². The molecule has 7 heteroatoms. The van der Waals surface area contributed by atoms with Gasteiger partial charge in [-0.2, -0.15) is 0 Å². The van der Waals surface area contributed by atoms with Crippen LogP contribution in [0, 0.1) is 5.82 Å². The highest BCUT2D eigenvalue weighted by molar-refractivity contribution is 5.80. The van der Waals surface area contributed by atoms with Gasteiger partial charge in [-0.05, 0) is 37.0 Å². The molecule has 1 aromatic rings. The predicted molar refractivity (Wildman–Crippen MR) is 79.3 cm³/mol. The zero-order valence-corrected chi connectivity index (χ0v) is 12.6. The summed E-state index contributed by atoms with van der Waals surface area (Å²) in [5.41, 5.74) is 0.673. The Morgan fingerprint density at radius 2 is 2.04 bits per heavy atom. The third-order valence-electron chi connectivity index (χ3n) is 4.31. The van der Waals surface area contributed by atoms with Crippen LogP contribution in [-0.4, -0.2) is 46.8 Å². The SMILES string of the molecule is O=C(O)CN(Cc1ccc(F)cc1)C(=O)N[C@@H]1C[C@H]2CC[C@@H]1O2. The molecule has 3 atom stereocenters. The van der Waals surface area contributed by atoms with E-state index in [4.69, 9.17) is 9.84 Å². The minimum absolute atomic E-state index is 0.0291. The maximum Gasteiger partial charge on any atom is 0.323 e. The fourth-order valence-electron chi connectivity index (χ4n) is 3.21. The summed E-state index contributed by atoms with van der Waals surface area (Å²) in [6.07, 6.45) is 2.95. The van der Waals surface area contributed by atoms with Crippen LogP contribution in [0.2, 0.25) is 0 Å². The molecule has 0 aliphatic carbocycles. The second-order valence-corrected chi connectivity index (χ2v) is 6.04. The number of nitrogens with zero attached hydrogens (tertiary/aromatic N) is 1. The van der Waals surface area contributed by atoms with Gasteiger partial charge in [0.1, 0.15) is 12.4 Å². The number of ether oxygens (including phenoxy) is 1. The van der Waals surface area contributed by atoms with Crippen LogP contribution in [0.25, 0.3) is 0 Å². The van der Waals surface area contributed by atoms with Crippen molar-refractivity contribution in [1.29, 1.82) is 0 Å². The first-order chi connectivity index (χ1) is 11.0. The van der Waals surface area contributed by atoms with E-state index in [1.807, 2.05) is 0 Å². The standard InChI is InChI=1S/C16H19FN2O4/c17-11-3-1-10(2-4-11)8-19(9-15(20)21)16(22)18-13-7-12-5-6-14(13)23-12/h1-4,12-14H,5-9H2,(H,18,22)(H,20,21)/t12-,13-,14+/m1/s1. The number of nitrogens with one attached hydrogen (secondary N) is 1. The van der Waals surface area contributed by atoms with Crippen LogP contribution in [-0.2, 0) is 16.1 Å². The number of hydrogen-bond donors (Lipinski definition) is 2. The number of amides is 2. The number of rotatable bonds is 5. The molecule has 124 valence electrons. The van der Waals surface area contributed by atoms with Crippen LogP contribution in [0.1, 0.15) is 24.8 Å². The van der Waals surface area contributed by atoms with Crippen LogP contribution in [0.4, 0.5) is 9.18 Å². The average Bonchev–Trinajstić information content (AvgIpc) is 3.11. The molecule has 2 heterocycles. The van der Waals surface area contributed by atoms with Crippen molar-refractivity contribution in [2.24, 2.45) is 0 Å². The topological polar surface area (TPSA) is 78.9 Å². The fourth-order valence-corrected chi connectivity index (χ4v) is 3.21. The van der Waals surface area contributed by atoms with Gasteiger partial charge in [0.25, 0.3) is 0 Å². The lowest BCUT2D eigenvalue weighted by molar-refractivity contribution is -0.137. The van der Waals surface area contributed by atoms with E-state index in [-0.39, 0.29) is 30.6 Å². The predicted octanol–water partition coefficient (Wildman–Crippen LogP) is 1.74. The summed E-state index contributed by atoms with van der Waals surface area (Å²) in [6, 6.07) is 5.16. The summed E-state index contributed by atoms with van der Waals surface area (Å²) in [5.74, 6) is -1.46. The third kappa shape index (κ3) is 3.79. The van der Waals surface area contributed by atoms with Gasteiger partial charge in [-0.1, -0.05) is 12.1 Å². The zero-order chi connectivity index (χ0) is 16.4. The van der Waals surface area contributed by atoms with E-state index < -0.39 is 18.5 Å². The molecule has 0 saturated carbocycles. The minimum atomic E-state index is -1.09. The highest BCUT2D eigenvalue weighted by Crippen LogP contribution is 2.34. The Balaban J connectivity index is 1.64. The molecule has 23 heavy (non-hydrogen) atoms. The molecule has 2 amide bonds. The Kier molecular flexibility index (Phi) is 4.47. The Bertz CT molecular complexity index is 592. The smallest absolute Gasteiger partial charge is 0.323 e. The molecular formula is C16H19FN2O4. The van der Waals surface area contributed by atoms with Gasteiger partial charge in [-0.25, -0.2) is 9.18 Å². The highest BCUT2D eigenvalue weighted by Gasteiger charge is 2.41. The summed E-state index contributed by atoms with van der Waals surface area (Å²) in [5, 5.41) is 11.9. The van der Waals surface area contributed by atoms with Crippen molar-refractivity contribution < 1.29 is 23.8 Å². The van der Waals surface area contributed by atoms with Crippen LogP contribution < -0.4 is 5.32 Å². The lowest BCUT2D eigenvalue weighted by Crippen LogP contribution is -2.49. The maximum absolute atomic E-state index is 12.9. The van der Waals surface area contributed by atoms with Crippen LogP contribution in [0.15, 0.2) is 24.3 Å². The Labute approximate surface area is 133 Å². The van der Waals surface area contributed by atoms with E-state index in [0.717, 1.165) is 19.3 Å². The first-order valence-corrected chi connectivity index (χ1v) is 7.68. The number of carbonyl (C=O) groups is 2. The molecule has 2 N–H and O–H groups in total. The van der Waals surface area contributed by atoms with Crippen LogP contribution >= 0.6 is 0 Å². The van der Waals surface area contributed by atoms with E-state index in [2.05, 4.69) is 5.32 Å². The fraction of sp³-hybridized carbons (Fsp3) is 0.500. The maximum atomic E-state index is 12.9. The molecule has 3 rings (SSSR count). The summed E-state index contributed by atoms with van der Waals surface area (Å²) >= 11 is 0. The molecule has 1 aromatic carbocycles. The lowest BCUT2D eigenvalue weighted by Gasteiger charge is -2.26. The first kappa shape index (κ1) is 15.7. The number of halogens is 1. The monoisotopic (exact) mass is 322 g/mol. The van der Waals surface area contributed by atoms with Crippen molar-refractivity contribution in [3.05, 3.63) is 35.6 Å². The number of urea groups is 1. The second-order valence-electron chi connectivity index (χ2n) is 6.04. The molecular weight excluding hydrogens is 303 g/mol. The molecule has 0 radical (unpaired) electrons. The van der Waals surface area contributed by atoms with Gasteiger partial charge in [-0.15, -0.1) is 0 Å². The number of carboxylic acid groups (broad SMARTS) is 1. The Morgan fingerprint density at radius 1 is 1.30 bits per heavy atom. The summed E-state index contributed by atoms with van der Waals surface area (Å²) in [6.45, 7) is -0.301. The Hall–Kier alpha value is -2.15. The van der Waals surface area contributed by atoms with Gasteiger partial charge in [0, 0.05) is 6.54 Å². The normalized spacial score (nSPS) is 25.3. The summed E-state index contributed by atoms with van der Waals surface area (Å²) in [4.78, 5) is 24.6. The summed E-state index contributed by atoms with van der Waals surface area (Å²) < 4.78 is 18.6. The van der Waals surface area contributed by atoms with Crippen LogP contribution in [0.3, 0.4) is 0 Å². The molecule has 0 spiro atoms. The lowest BCUT2D eigenvalue weighted by atomic mass is 9.96. The quantitative estimate of drug-likeness (QED) is 0.865. The van der Waals surface area contributed by atoms with Crippen molar-refractivity contribution in [1.82, 2.24) is 10.2 Å². The van der Waals surface area contributed by atoms with Crippen molar-refractivity contribution in [3.8, 4) is 0 Å². The second kappa shape index (κ2) is 6.54. The molecule has 2 aliphatic heterocycles. The van der Waals surface area contributed by atoms with E-state index in [0.29, 0.717) is 5.56 Å². The van der Waals surface area contributed by atoms with Crippen molar-refractivity contribution >= 4 is 12.0 Å². The molecule has 2 aliphatic rings. The van der Waals surface area contributed by atoms with E-state index in [9.17, 15) is 14.0 Å². The van der Waals surface area contributed by atoms with Crippen molar-refractivity contribution in [3.63, 3.8) is 0 Å². The van der Waals surface area contributed by atoms with Crippen molar-refractivity contribution in [2.75, 3.05) is 6.54 Å². The number of fused-ring (bicyclic) bond motifs is 2. The number of carbonyl (C=O) groups excluding carboxylic acids is 1. The summed E-state index contributed by atoms with van der Waals surface area (Å²) in [7, 11) is 0. The van der Waals surface area contributed by atoms with E-state index in [1.165, 1.54) is 29.2 Å². The highest BCUT2D eigenvalue weighted by atomic mass is 19.1. The average molecular weight is 322 g/mol. The van der Waals surface area contributed by atoms with E-state index in [1.54, 1.807) is 0 Å². The van der Waals surface area contributed by atoms with Crippen LogP contribution in [0.5, 0.6) is 0 Å². The number of benzene rings is 1. The third-order valence-corrected chi connectivity index (χ3v) is 4.31.